The summed E-state index contributed by atoms with van der Waals surface area (Å²) in [4.78, 5) is 24.4. The first kappa shape index (κ1) is 13.5. The number of carbonyl (C=O) groups excluding carboxylic acids is 1. The molecule has 1 aromatic carbocycles. The summed E-state index contributed by atoms with van der Waals surface area (Å²) >= 11 is 0. The molecule has 0 spiro atoms. The molecule has 0 unspecified atom stereocenters. The van der Waals surface area contributed by atoms with Gasteiger partial charge in [0.05, 0.1) is 19.6 Å². The van der Waals surface area contributed by atoms with E-state index in [2.05, 4.69) is 0 Å². The molecule has 0 saturated carbocycles. The van der Waals surface area contributed by atoms with Gasteiger partial charge in [0.1, 0.15) is 5.82 Å². The minimum atomic E-state index is -1.08. The Kier molecular flexibility index (Phi) is 4.11. The maximum Gasteiger partial charge on any atom is 0.328 e. The van der Waals surface area contributed by atoms with E-state index < -0.39 is 12.0 Å². The van der Waals surface area contributed by atoms with Gasteiger partial charge in [-0.05, 0) is 17.7 Å². The predicted octanol–water partition coefficient (Wildman–Crippen LogP) is 0.680. The second-order valence-electron chi connectivity index (χ2n) is 4.32. The van der Waals surface area contributed by atoms with Crippen molar-refractivity contribution in [1.82, 2.24) is 4.90 Å². The number of halogens is 1. The van der Waals surface area contributed by atoms with Gasteiger partial charge >= 0.3 is 5.97 Å². The zero-order valence-corrected chi connectivity index (χ0v) is 10.2. The standard InChI is InChI=1S/C13H14FNO4/c14-10-3-1-9(2-4-10)7-12(16)15-5-6-19-8-11(15)13(17)18/h1-4,11H,5-8H2,(H,17,18)/t11-/m0/s1. The normalized spacial score (nSPS) is 19.2. The highest BCUT2D eigenvalue weighted by molar-refractivity contribution is 5.85. The van der Waals surface area contributed by atoms with Crippen LogP contribution in [-0.2, 0) is 20.7 Å². The Morgan fingerprint density at radius 1 is 1.37 bits per heavy atom. The van der Waals surface area contributed by atoms with Gasteiger partial charge in [-0.25, -0.2) is 9.18 Å². The van der Waals surface area contributed by atoms with Crippen molar-refractivity contribution in [2.75, 3.05) is 19.8 Å². The summed E-state index contributed by atoms with van der Waals surface area (Å²) in [5.74, 6) is -1.74. The molecule has 0 radical (unpaired) electrons. The third-order valence-electron chi connectivity index (χ3n) is 3.00. The number of hydrogen-bond donors (Lipinski definition) is 1. The molecule has 1 amide bonds. The summed E-state index contributed by atoms with van der Waals surface area (Å²) in [7, 11) is 0. The van der Waals surface area contributed by atoms with Crippen LogP contribution in [0.25, 0.3) is 0 Å². The summed E-state index contributed by atoms with van der Waals surface area (Å²) in [6, 6.07) is 4.64. The molecule has 1 saturated heterocycles. The average molecular weight is 267 g/mol. The highest BCUT2D eigenvalue weighted by atomic mass is 19.1. The van der Waals surface area contributed by atoms with Gasteiger partial charge in [0.15, 0.2) is 6.04 Å². The minimum Gasteiger partial charge on any atom is -0.480 e. The first-order valence-electron chi connectivity index (χ1n) is 5.92. The molecule has 1 fully saturated rings. The summed E-state index contributed by atoms with van der Waals surface area (Å²) < 4.78 is 17.8. The van der Waals surface area contributed by atoms with Gasteiger partial charge in [0.2, 0.25) is 5.91 Å². The molecule has 19 heavy (non-hydrogen) atoms. The van der Waals surface area contributed by atoms with Gasteiger partial charge in [0.25, 0.3) is 0 Å². The molecule has 2 rings (SSSR count). The number of morpholine rings is 1. The molecule has 0 aromatic heterocycles. The van der Waals surface area contributed by atoms with Crippen molar-refractivity contribution < 1.29 is 23.8 Å². The molecule has 5 nitrogen and oxygen atoms in total. The van der Waals surface area contributed by atoms with E-state index in [1.54, 1.807) is 0 Å². The number of rotatable bonds is 3. The van der Waals surface area contributed by atoms with E-state index in [1.165, 1.54) is 29.2 Å². The highest BCUT2D eigenvalue weighted by Crippen LogP contribution is 2.11. The van der Waals surface area contributed by atoms with Crippen LogP contribution in [0.3, 0.4) is 0 Å². The fourth-order valence-electron chi connectivity index (χ4n) is 1.99. The second-order valence-corrected chi connectivity index (χ2v) is 4.32. The molecule has 102 valence electrons. The van der Waals surface area contributed by atoms with Crippen LogP contribution < -0.4 is 0 Å². The van der Waals surface area contributed by atoms with E-state index in [4.69, 9.17) is 9.84 Å². The third-order valence-corrected chi connectivity index (χ3v) is 3.00. The Morgan fingerprint density at radius 2 is 2.05 bits per heavy atom. The van der Waals surface area contributed by atoms with Crippen molar-refractivity contribution in [2.24, 2.45) is 0 Å². The number of carbonyl (C=O) groups is 2. The van der Waals surface area contributed by atoms with Gasteiger partial charge in [-0.1, -0.05) is 12.1 Å². The quantitative estimate of drug-likeness (QED) is 0.874. The van der Waals surface area contributed by atoms with Crippen LogP contribution in [0.4, 0.5) is 4.39 Å². The molecule has 1 atom stereocenters. The number of benzene rings is 1. The first-order chi connectivity index (χ1) is 9.08. The van der Waals surface area contributed by atoms with Crippen LogP contribution in [0.15, 0.2) is 24.3 Å². The maximum atomic E-state index is 12.8. The molecule has 0 aliphatic carbocycles. The van der Waals surface area contributed by atoms with Crippen molar-refractivity contribution in [3.63, 3.8) is 0 Å². The lowest BCUT2D eigenvalue weighted by atomic mass is 10.1. The van der Waals surface area contributed by atoms with Gasteiger partial charge in [0, 0.05) is 6.54 Å². The van der Waals surface area contributed by atoms with E-state index >= 15 is 0 Å². The van der Waals surface area contributed by atoms with Crippen LogP contribution in [0.5, 0.6) is 0 Å². The lowest BCUT2D eigenvalue weighted by molar-refractivity contribution is -0.158. The van der Waals surface area contributed by atoms with E-state index in [0.717, 1.165) is 0 Å². The highest BCUT2D eigenvalue weighted by Gasteiger charge is 2.32. The van der Waals surface area contributed by atoms with Gasteiger partial charge in [-0.2, -0.15) is 0 Å². The summed E-state index contributed by atoms with van der Waals surface area (Å²) in [5.41, 5.74) is 0.655. The molecular formula is C13H14FNO4. The molecule has 1 heterocycles. The predicted molar refractivity (Wildman–Crippen MR) is 64.1 cm³/mol. The fourth-order valence-corrected chi connectivity index (χ4v) is 1.99. The van der Waals surface area contributed by atoms with Crippen molar-refractivity contribution in [3.8, 4) is 0 Å². The number of hydrogen-bond acceptors (Lipinski definition) is 3. The Labute approximate surface area is 109 Å². The fraction of sp³-hybridized carbons (Fsp3) is 0.385. The SMILES string of the molecule is O=C(O)[C@@H]1COCCN1C(=O)Cc1ccc(F)cc1. The van der Waals surface area contributed by atoms with Crippen molar-refractivity contribution >= 4 is 11.9 Å². The summed E-state index contributed by atoms with van der Waals surface area (Å²) in [5, 5.41) is 9.04. The second kappa shape index (κ2) is 5.79. The van der Waals surface area contributed by atoms with E-state index in [0.29, 0.717) is 12.2 Å². The zero-order valence-electron chi connectivity index (χ0n) is 10.2. The van der Waals surface area contributed by atoms with Gasteiger partial charge in [-0.15, -0.1) is 0 Å². The first-order valence-corrected chi connectivity index (χ1v) is 5.92. The number of aliphatic carboxylic acids is 1. The molecule has 0 bridgehead atoms. The monoisotopic (exact) mass is 267 g/mol. The molecule has 1 aromatic rings. The average Bonchev–Trinajstić information content (AvgIpc) is 2.41. The van der Waals surface area contributed by atoms with Crippen LogP contribution in [0.1, 0.15) is 5.56 Å². The smallest absolute Gasteiger partial charge is 0.328 e. The van der Waals surface area contributed by atoms with Crippen LogP contribution in [0, 0.1) is 5.82 Å². The molecule has 6 heteroatoms. The maximum absolute atomic E-state index is 12.8. The number of amides is 1. The Hall–Kier alpha value is -1.95. The number of ether oxygens (including phenoxy) is 1. The lowest BCUT2D eigenvalue weighted by Gasteiger charge is -2.32. The Balaban J connectivity index is 2.05. The molecule has 1 aliphatic heterocycles. The Morgan fingerprint density at radius 3 is 2.68 bits per heavy atom. The largest absolute Gasteiger partial charge is 0.480 e. The van der Waals surface area contributed by atoms with Gasteiger partial charge < -0.3 is 14.7 Å². The van der Waals surface area contributed by atoms with Crippen molar-refractivity contribution in [1.29, 1.82) is 0 Å². The van der Waals surface area contributed by atoms with E-state index in [-0.39, 0.29) is 31.3 Å². The van der Waals surface area contributed by atoms with Crippen molar-refractivity contribution in [2.45, 2.75) is 12.5 Å². The van der Waals surface area contributed by atoms with Crippen LogP contribution in [0.2, 0.25) is 0 Å². The molecule has 1 aliphatic rings. The van der Waals surface area contributed by atoms with Crippen molar-refractivity contribution in [3.05, 3.63) is 35.6 Å². The topological polar surface area (TPSA) is 66.8 Å². The van der Waals surface area contributed by atoms with E-state index in [9.17, 15) is 14.0 Å². The number of carboxylic acid groups (broad SMARTS) is 1. The minimum absolute atomic E-state index is 0.00446. The zero-order chi connectivity index (χ0) is 13.8. The van der Waals surface area contributed by atoms with Gasteiger partial charge in [-0.3, -0.25) is 4.79 Å². The third kappa shape index (κ3) is 3.29. The molecular weight excluding hydrogens is 253 g/mol. The number of nitrogens with zero attached hydrogens (tertiary/aromatic N) is 1. The van der Waals surface area contributed by atoms with Crippen LogP contribution in [-0.4, -0.2) is 47.7 Å². The lowest BCUT2D eigenvalue weighted by Crippen LogP contribution is -2.53. The van der Waals surface area contributed by atoms with E-state index in [1.807, 2.05) is 0 Å². The summed E-state index contributed by atoms with van der Waals surface area (Å²) in [6.07, 6.45) is 0.0596. The molecule has 1 N–H and O–H groups in total. The number of carboxylic acids is 1. The Bertz CT molecular complexity index is 474. The van der Waals surface area contributed by atoms with Crippen LogP contribution >= 0.6 is 0 Å². The summed E-state index contributed by atoms with van der Waals surface area (Å²) in [6.45, 7) is 0.598.